The van der Waals surface area contributed by atoms with Crippen LogP contribution in [0.25, 0.3) is 0 Å². The van der Waals surface area contributed by atoms with Crippen molar-refractivity contribution in [3.05, 3.63) is 24.3 Å². The van der Waals surface area contributed by atoms with Gasteiger partial charge in [-0.1, -0.05) is 51.8 Å². The van der Waals surface area contributed by atoms with Gasteiger partial charge in [-0.2, -0.15) is 0 Å². The molecule has 0 radical (unpaired) electrons. The molecule has 0 N–H and O–H groups in total. The molecule has 0 heterocycles. The fourth-order valence-corrected chi connectivity index (χ4v) is 10.4. The van der Waals surface area contributed by atoms with Crippen molar-refractivity contribution in [3.63, 3.8) is 0 Å². The highest BCUT2D eigenvalue weighted by molar-refractivity contribution is 5.19. The molecule has 4 unspecified atom stereocenters. The molecule has 4 saturated carbocycles. The summed E-state index contributed by atoms with van der Waals surface area (Å²) in [6.07, 6.45) is 23.7. The molecular weight excluding hydrogens is 372 g/mol. The fourth-order valence-electron chi connectivity index (χ4n) is 10.4. The second kappa shape index (κ2) is 8.36. The zero-order chi connectivity index (χ0) is 22.5. The Morgan fingerprint density at radius 1 is 0.903 bits per heavy atom. The SMILES string of the molecule is C=C[C@@]1(C)CCC2(CCC)CCC3[C@H](CC[C@]4(C)C(/C(C)=C/C)CC[C@@H]34)C2(CC)CC1. The molecule has 0 heteroatoms. The Labute approximate surface area is 194 Å². The van der Waals surface area contributed by atoms with Crippen LogP contribution in [0.4, 0.5) is 0 Å². The van der Waals surface area contributed by atoms with E-state index in [0.29, 0.717) is 21.7 Å². The number of hydrogen-bond acceptors (Lipinski definition) is 0. The monoisotopic (exact) mass is 424 g/mol. The van der Waals surface area contributed by atoms with E-state index < -0.39 is 0 Å². The maximum Gasteiger partial charge on any atom is -0.0149 e. The summed E-state index contributed by atoms with van der Waals surface area (Å²) in [5.74, 6) is 3.80. The maximum atomic E-state index is 4.29. The van der Waals surface area contributed by atoms with Crippen molar-refractivity contribution in [2.45, 2.75) is 125 Å². The molecular formula is C31H52. The lowest BCUT2D eigenvalue weighted by atomic mass is 9.40. The molecule has 0 amide bonds. The Bertz CT molecular complexity index is 701. The molecule has 0 aromatic carbocycles. The van der Waals surface area contributed by atoms with Crippen molar-refractivity contribution >= 4 is 0 Å². The minimum absolute atomic E-state index is 0.362. The first kappa shape index (κ1) is 23.6. The van der Waals surface area contributed by atoms with Crippen LogP contribution in [0.1, 0.15) is 125 Å². The summed E-state index contributed by atoms with van der Waals surface area (Å²) in [6, 6.07) is 0. The van der Waals surface area contributed by atoms with Crippen molar-refractivity contribution in [2.75, 3.05) is 0 Å². The first-order chi connectivity index (χ1) is 14.7. The molecule has 4 aliphatic carbocycles. The maximum absolute atomic E-state index is 4.29. The van der Waals surface area contributed by atoms with Gasteiger partial charge in [-0.3, -0.25) is 0 Å². The van der Waals surface area contributed by atoms with E-state index in [1.54, 1.807) is 5.57 Å². The molecule has 0 aromatic heterocycles. The van der Waals surface area contributed by atoms with E-state index in [0.717, 1.165) is 23.7 Å². The second-order valence-corrected chi connectivity index (χ2v) is 13.0. The van der Waals surface area contributed by atoms with Gasteiger partial charge in [-0.15, -0.1) is 6.58 Å². The third-order valence-electron chi connectivity index (χ3n) is 12.3. The lowest BCUT2D eigenvalue weighted by Crippen LogP contribution is -2.57. The van der Waals surface area contributed by atoms with E-state index in [2.05, 4.69) is 60.3 Å². The van der Waals surface area contributed by atoms with Crippen LogP contribution in [0.5, 0.6) is 0 Å². The summed E-state index contributed by atoms with van der Waals surface area (Å²) >= 11 is 0. The van der Waals surface area contributed by atoms with Gasteiger partial charge in [-0.25, -0.2) is 0 Å². The first-order valence-electron chi connectivity index (χ1n) is 14.0. The smallest absolute Gasteiger partial charge is 0.0149 e. The molecule has 0 saturated heterocycles. The Morgan fingerprint density at radius 3 is 2.29 bits per heavy atom. The molecule has 0 spiro atoms. The third kappa shape index (κ3) is 3.35. The van der Waals surface area contributed by atoms with Gasteiger partial charge in [0.15, 0.2) is 0 Å². The zero-order valence-electron chi connectivity index (χ0n) is 21.9. The quantitative estimate of drug-likeness (QED) is 0.385. The van der Waals surface area contributed by atoms with Crippen molar-refractivity contribution < 1.29 is 0 Å². The molecule has 0 bridgehead atoms. The minimum Gasteiger partial charge on any atom is -0.103 e. The van der Waals surface area contributed by atoms with E-state index in [1.165, 1.54) is 83.5 Å². The van der Waals surface area contributed by atoms with Crippen LogP contribution in [-0.4, -0.2) is 0 Å². The summed E-state index contributed by atoms with van der Waals surface area (Å²) in [5, 5.41) is 0. The lowest BCUT2D eigenvalue weighted by molar-refractivity contribution is -0.157. The molecule has 0 aromatic rings. The van der Waals surface area contributed by atoms with Crippen LogP contribution >= 0.6 is 0 Å². The van der Waals surface area contributed by atoms with Crippen molar-refractivity contribution in [2.24, 2.45) is 45.3 Å². The van der Waals surface area contributed by atoms with Crippen LogP contribution in [0.3, 0.4) is 0 Å². The predicted molar refractivity (Wildman–Crippen MR) is 136 cm³/mol. The average molecular weight is 425 g/mol. The standard InChI is InChI=1S/C31H52/c1-8-16-30-18-14-24-26-13-12-25(23(5)9-2)29(26,7)17-15-27(24)31(30,11-4)22-20-28(6,10-3)19-21-30/h9-10,24-27H,3,8,11-22H2,1-2,4-7H3/b23-9+/t24?,25?,26-,27-,28-,29+,30?,31?/m0/s1. The van der Waals surface area contributed by atoms with Crippen molar-refractivity contribution in [3.8, 4) is 0 Å². The van der Waals surface area contributed by atoms with Gasteiger partial charge in [0.1, 0.15) is 0 Å². The largest absolute Gasteiger partial charge is 0.103 e. The number of fused-ring (bicyclic) bond motifs is 5. The summed E-state index contributed by atoms with van der Waals surface area (Å²) in [7, 11) is 0. The highest BCUT2D eigenvalue weighted by Gasteiger charge is 2.64. The normalized spacial score (nSPS) is 50.2. The molecule has 0 nitrogen and oxygen atoms in total. The highest BCUT2D eigenvalue weighted by Crippen LogP contribution is 2.73. The van der Waals surface area contributed by atoms with Crippen LogP contribution in [0, 0.1) is 45.3 Å². The van der Waals surface area contributed by atoms with Gasteiger partial charge < -0.3 is 0 Å². The lowest BCUT2D eigenvalue weighted by Gasteiger charge is -2.65. The predicted octanol–water partition coefficient (Wildman–Crippen LogP) is 9.75. The Kier molecular flexibility index (Phi) is 6.37. The Balaban J connectivity index is 1.72. The number of hydrogen-bond donors (Lipinski definition) is 0. The fraction of sp³-hybridized carbons (Fsp3) is 0.871. The first-order valence-corrected chi connectivity index (χ1v) is 14.0. The summed E-state index contributed by atoms with van der Waals surface area (Å²) in [4.78, 5) is 0. The molecule has 31 heavy (non-hydrogen) atoms. The minimum atomic E-state index is 0.362. The van der Waals surface area contributed by atoms with Crippen LogP contribution in [-0.2, 0) is 0 Å². The zero-order valence-corrected chi connectivity index (χ0v) is 21.9. The molecule has 0 aliphatic heterocycles. The van der Waals surface area contributed by atoms with Crippen molar-refractivity contribution in [1.82, 2.24) is 0 Å². The van der Waals surface area contributed by atoms with Crippen LogP contribution in [0.2, 0.25) is 0 Å². The van der Waals surface area contributed by atoms with E-state index in [-0.39, 0.29) is 0 Å². The molecule has 8 atom stereocenters. The van der Waals surface area contributed by atoms with Gasteiger partial charge in [-0.05, 0) is 136 Å². The summed E-state index contributed by atoms with van der Waals surface area (Å²) < 4.78 is 0. The van der Waals surface area contributed by atoms with Gasteiger partial charge in [0.25, 0.3) is 0 Å². The Morgan fingerprint density at radius 2 is 1.65 bits per heavy atom. The van der Waals surface area contributed by atoms with Crippen molar-refractivity contribution in [1.29, 1.82) is 0 Å². The highest BCUT2D eigenvalue weighted by atomic mass is 14.7. The van der Waals surface area contributed by atoms with E-state index in [1.807, 2.05) is 0 Å². The average Bonchev–Trinajstić information content (AvgIpc) is 3.07. The molecule has 4 fully saturated rings. The van der Waals surface area contributed by atoms with E-state index in [9.17, 15) is 0 Å². The number of allylic oxidation sites excluding steroid dienone is 3. The third-order valence-corrected chi connectivity index (χ3v) is 12.3. The summed E-state index contributed by atoms with van der Waals surface area (Å²) in [6.45, 7) is 19.2. The topological polar surface area (TPSA) is 0 Å². The van der Waals surface area contributed by atoms with Gasteiger partial charge >= 0.3 is 0 Å². The van der Waals surface area contributed by atoms with E-state index in [4.69, 9.17) is 0 Å². The van der Waals surface area contributed by atoms with Gasteiger partial charge in [0, 0.05) is 0 Å². The Hall–Kier alpha value is -0.520. The van der Waals surface area contributed by atoms with Crippen LogP contribution < -0.4 is 0 Å². The van der Waals surface area contributed by atoms with Gasteiger partial charge in [0.2, 0.25) is 0 Å². The van der Waals surface area contributed by atoms with Crippen LogP contribution in [0.15, 0.2) is 24.3 Å². The second-order valence-electron chi connectivity index (χ2n) is 13.0. The molecule has 176 valence electrons. The molecule has 4 rings (SSSR count). The summed E-state index contributed by atoms with van der Waals surface area (Å²) in [5.41, 5.74) is 3.80. The van der Waals surface area contributed by atoms with Gasteiger partial charge in [0.05, 0.1) is 0 Å². The number of rotatable bonds is 5. The van der Waals surface area contributed by atoms with E-state index >= 15 is 0 Å². The molecule has 4 aliphatic rings.